The van der Waals surface area contributed by atoms with Gasteiger partial charge in [-0.25, -0.2) is 0 Å². The van der Waals surface area contributed by atoms with E-state index in [0.29, 0.717) is 26.1 Å². The summed E-state index contributed by atoms with van der Waals surface area (Å²) in [7, 11) is 3.98. The van der Waals surface area contributed by atoms with E-state index in [1.165, 1.54) is 38.5 Å². The maximum atomic E-state index is 11.7. The Morgan fingerprint density at radius 1 is 0.655 bits per heavy atom. The first kappa shape index (κ1) is 29.4. The molecule has 7 heteroatoms. The molecule has 0 aromatic rings. The van der Waals surface area contributed by atoms with Crippen LogP contribution in [0.5, 0.6) is 0 Å². The molecular weight excluding hydrogens is 511 g/mol. The summed E-state index contributed by atoms with van der Waals surface area (Å²) in [6, 6.07) is 0. The molecule has 29 heavy (non-hydrogen) atoms. The third-order valence-corrected chi connectivity index (χ3v) is 26.8. The second-order valence-corrected chi connectivity index (χ2v) is 37.6. The Bertz CT molecular complexity index is 384. The molecule has 0 N–H and O–H groups in total. The van der Waals surface area contributed by atoms with Crippen molar-refractivity contribution < 1.29 is 19.1 Å². The molecule has 0 radical (unpaired) electrons. The van der Waals surface area contributed by atoms with Crippen molar-refractivity contribution in [2.75, 3.05) is 24.7 Å². The van der Waals surface area contributed by atoms with Gasteiger partial charge in [-0.15, -0.1) is 0 Å². The van der Waals surface area contributed by atoms with Crippen LogP contribution >= 0.6 is 17.9 Å². The normalized spacial score (nSPS) is 11.4. The van der Waals surface area contributed by atoms with E-state index in [4.69, 9.17) is 9.47 Å². The van der Waals surface area contributed by atoms with E-state index in [9.17, 15) is 9.59 Å². The van der Waals surface area contributed by atoms with Crippen LogP contribution in [0.2, 0.25) is 9.88 Å². The van der Waals surface area contributed by atoms with Gasteiger partial charge in [-0.3, -0.25) is 0 Å². The molecule has 0 heterocycles. The van der Waals surface area contributed by atoms with Crippen molar-refractivity contribution in [1.82, 2.24) is 0 Å². The van der Waals surface area contributed by atoms with Crippen LogP contribution < -0.4 is 0 Å². The van der Waals surface area contributed by atoms with E-state index in [0.717, 1.165) is 37.2 Å². The Morgan fingerprint density at radius 3 is 1.41 bits per heavy atom. The van der Waals surface area contributed by atoms with Gasteiger partial charge in [0.1, 0.15) is 0 Å². The topological polar surface area (TPSA) is 52.6 Å². The minimum absolute atomic E-state index is 0.0515. The fourth-order valence-corrected chi connectivity index (χ4v) is 19.8. The monoisotopic (exact) mass is 556 g/mol. The van der Waals surface area contributed by atoms with Crippen molar-refractivity contribution in [2.24, 2.45) is 0 Å². The zero-order valence-corrected chi connectivity index (χ0v) is 23.8. The molecule has 0 rings (SSSR count). The number of carbonyl (C=O) groups excluding carboxylic acids is 2. The van der Waals surface area contributed by atoms with Crippen molar-refractivity contribution in [3.8, 4) is 0 Å². The van der Waals surface area contributed by atoms with Gasteiger partial charge in [0, 0.05) is 0 Å². The Morgan fingerprint density at radius 2 is 1.03 bits per heavy atom. The van der Waals surface area contributed by atoms with Gasteiger partial charge >= 0.3 is 190 Å². The number of rotatable bonds is 20. The van der Waals surface area contributed by atoms with Gasteiger partial charge in [0.2, 0.25) is 0 Å². The number of hydrogen-bond acceptors (Lipinski definition) is 6. The molecule has 0 atom stereocenters. The van der Waals surface area contributed by atoms with Crippen molar-refractivity contribution >= 4 is 45.4 Å². The van der Waals surface area contributed by atoms with Crippen LogP contribution in [0.3, 0.4) is 0 Å². The molecule has 172 valence electrons. The Kier molecular flexibility index (Phi) is 20.7. The maximum absolute atomic E-state index is 11.7. The Labute approximate surface area is 189 Å². The SMILES string of the molecule is CCCCCCCC(=O)OCC[S][Sn]([CH3])([CH3])[S]CCOC(=O)CCCCCCC. The average molecular weight is 555 g/mol. The molecular formula is C22H44O4S2Sn. The molecule has 0 saturated carbocycles. The summed E-state index contributed by atoms with van der Waals surface area (Å²) in [6.45, 7) is 5.43. The molecule has 0 unspecified atom stereocenters. The standard InChI is InChI=1S/2C10H20O2S.2CH3.Sn/c2*1-2-3-4-5-6-7-10(11)12-8-9-13;;;/h2*13H,2-9H2,1H3;2*1H3;/q;;;;+2/p-2. The third kappa shape index (κ3) is 21.5. The number of unbranched alkanes of at least 4 members (excludes halogenated alkanes) is 8. The van der Waals surface area contributed by atoms with Gasteiger partial charge in [-0.1, -0.05) is 0 Å². The zero-order valence-electron chi connectivity index (χ0n) is 19.3. The summed E-state index contributed by atoms with van der Waals surface area (Å²) in [5.74, 6) is 1.67. The van der Waals surface area contributed by atoms with Gasteiger partial charge in [-0.05, 0) is 0 Å². The Hall–Kier alpha value is 0.439. The van der Waals surface area contributed by atoms with Crippen molar-refractivity contribution in [3.05, 3.63) is 0 Å². The van der Waals surface area contributed by atoms with Crippen molar-refractivity contribution in [3.63, 3.8) is 0 Å². The van der Waals surface area contributed by atoms with Crippen LogP contribution in [0.25, 0.3) is 0 Å². The Balaban J connectivity index is 3.60. The fourth-order valence-electron chi connectivity index (χ4n) is 2.82. The predicted octanol–water partition coefficient (Wildman–Crippen LogP) is 6.96. The van der Waals surface area contributed by atoms with E-state index in [1.54, 1.807) is 0 Å². The molecule has 4 nitrogen and oxygen atoms in total. The molecule has 0 aromatic heterocycles. The van der Waals surface area contributed by atoms with Crippen LogP contribution in [-0.2, 0) is 19.1 Å². The average Bonchev–Trinajstić information content (AvgIpc) is 2.68. The number of hydrogen-bond donors (Lipinski definition) is 0. The van der Waals surface area contributed by atoms with Crippen molar-refractivity contribution in [2.45, 2.75) is 101 Å². The second-order valence-electron chi connectivity index (χ2n) is 7.87. The number of esters is 2. The predicted molar refractivity (Wildman–Crippen MR) is 131 cm³/mol. The molecule has 0 amide bonds. The molecule has 0 aliphatic rings. The van der Waals surface area contributed by atoms with E-state index in [1.807, 2.05) is 17.9 Å². The van der Waals surface area contributed by atoms with E-state index < -0.39 is 15.6 Å². The van der Waals surface area contributed by atoms with Crippen LogP contribution in [-0.4, -0.2) is 52.3 Å². The van der Waals surface area contributed by atoms with Crippen molar-refractivity contribution in [1.29, 1.82) is 0 Å². The molecule has 0 aromatic carbocycles. The van der Waals surface area contributed by atoms with Crippen LogP contribution in [0.1, 0.15) is 90.9 Å². The van der Waals surface area contributed by atoms with Gasteiger partial charge in [0.25, 0.3) is 0 Å². The summed E-state index contributed by atoms with van der Waals surface area (Å²) >= 11 is -2.24. The van der Waals surface area contributed by atoms with Crippen LogP contribution in [0, 0.1) is 0 Å². The second kappa shape index (κ2) is 20.3. The molecule has 0 aliphatic heterocycles. The molecule has 0 aliphatic carbocycles. The minimum atomic E-state index is -2.24. The molecule has 0 fully saturated rings. The molecule has 0 bridgehead atoms. The summed E-state index contributed by atoms with van der Waals surface area (Å²) in [5, 5.41) is 0. The molecule has 0 saturated heterocycles. The van der Waals surface area contributed by atoms with E-state index in [-0.39, 0.29) is 11.9 Å². The number of carbonyl (C=O) groups is 2. The van der Waals surface area contributed by atoms with Crippen LogP contribution in [0.15, 0.2) is 0 Å². The summed E-state index contributed by atoms with van der Waals surface area (Å²) < 4.78 is 10.7. The quantitative estimate of drug-likeness (QED) is 0.0920. The van der Waals surface area contributed by atoms with E-state index >= 15 is 0 Å². The van der Waals surface area contributed by atoms with Crippen LogP contribution in [0.4, 0.5) is 0 Å². The third-order valence-electron chi connectivity index (χ3n) is 4.56. The summed E-state index contributed by atoms with van der Waals surface area (Å²) in [6.07, 6.45) is 12.6. The zero-order chi connectivity index (χ0) is 21.8. The molecule has 0 spiro atoms. The fraction of sp³-hybridized carbons (Fsp3) is 0.909. The van der Waals surface area contributed by atoms with Gasteiger partial charge in [0.05, 0.1) is 0 Å². The summed E-state index contributed by atoms with van der Waals surface area (Å²) in [4.78, 5) is 28.2. The number of ether oxygens (including phenoxy) is 2. The first-order chi connectivity index (χ1) is 13.9. The van der Waals surface area contributed by atoms with Gasteiger partial charge in [-0.2, -0.15) is 0 Å². The van der Waals surface area contributed by atoms with E-state index in [2.05, 4.69) is 23.7 Å². The van der Waals surface area contributed by atoms with Gasteiger partial charge < -0.3 is 0 Å². The summed E-state index contributed by atoms with van der Waals surface area (Å²) in [5.41, 5.74) is 0. The first-order valence-corrected chi connectivity index (χ1v) is 26.2. The first-order valence-electron chi connectivity index (χ1n) is 11.5. The van der Waals surface area contributed by atoms with Gasteiger partial charge in [0.15, 0.2) is 0 Å².